The summed E-state index contributed by atoms with van der Waals surface area (Å²) in [4.78, 5) is 32.2. The minimum absolute atomic E-state index is 0.106. The molecule has 126 valence electrons. The summed E-state index contributed by atoms with van der Waals surface area (Å²) in [5, 5.41) is 3.01. The maximum atomic E-state index is 12.3. The van der Waals surface area contributed by atoms with Crippen LogP contribution in [0.4, 0.5) is 0 Å². The number of hydrogen-bond acceptors (Lipinski definition) is 5. The minimum Gasteiger partial charge on any atom is -0.448 e. The van der Waals surface area contributed by atoms with Gasteiger partial charge in [0.1, 0.15) is 0 Å². The van der Waals surface area contributed by atoms with E-state index in [1.54, 1.807) is 13.8 Å². The number of carbonyl (C=O) groups is 2. The lowest BCUT2D eigenvalue weighted by molar-refractivity contribution is -0.130. The molecule has 1 aromatic heterocycles. The molecular weight excluding hydrogens is 294 g/mol. The van der Waals surface area contributed by atoms with E-state index in [9.17, 15) is 9.59 Å². The number of esters is 1. The second kappa shape index (κ2) is 7.53. The maximum absolute atomic E-state index is 12.3. The third-order valence-corrected chi connectivity index (χ3v) is 4.68. The van der Waals surface area contributed by atoms with E-state index < -0.39 is 12.1 Å². The van der Waals surface area contributed by atoms with Crippen molar-refractivity contribution in [1.29, 1.82) is 0 Å². The molecule has 1 aliphatic rings. The second-order valence-corrected chi connectivity index (χ2v) is 6.47. The Morgan fingerprint density at radius 1 is 1.26 bits per heavy atom. The highest BCUT2D eigenvalue weighted by Gasteiger charge is 2.30. The molecular formula is C17H25N3O3. The molecule has 6 nitrogen and oxygen atoms in total. The second-order valence-electron chi connectivity index (χ2n) is 6.47. The lowest BCUT2D eigenvalue weighted by Gasteiger charge is -2.35. The van der Waals surface area contributed by atoms with Crippen molar-refractivity contribution in [2.75, 3.05) is 0 Å². The Hall–Kier alpha value is -1.98. The van der Waals surface area contributed by atoms with E-state index in [2.05, 4.69) is 29.1 Å². The molecule has 6 heteroatoms. The number of amides is 1. The molecule has 1 fully saturated rings. The average molecular weight is 319 g/mol. The van der Waals surface area contributed by atoms with Gasteiger partial charge in [0.25, 0.3) is 5.91 Å². The first-order valence-electron chi connectivity index (χ1n) is 8.18. The van der Waals surface area contributed by atoms with Crippen LogP contribution in [0.5, 0.6) is 0 Å². The van der Waals surface area contributed by atoms with E-state index in [1.807, 2.05) is 0 Å². The molecule has 23 heavy (non-hydrogen) atoms. The number of aromatic nitrogens is 2. The highest BCUT2D eigenvalue weighted by molar-refractivity contribution is 5.90. The quantitative estimate of drug-likeness (QED) is 0.861. The Labute approximate surface area is 137 Å². The van der Waals surface area contributed by atoms with Crippen molar-refractivity contribution < 1.29 is 14.3 Å². The fourth-order valence-electron chi connectivity index (χ4n) is 2.86. The van der Waals surface area contributed by atoms with Gasteiger partial charge in [-0.3, -0.25) is 9.78 Å². The Kier molecular flexibility index (Phi) is 5.69. The Morgan fingerprint density at radius 2 is 2.00 bits per heavy atom. The van der Waals surface area contributed by atoms with Crippen LogP contribution in [0.15, 0.2) is 12.4 Å². The van der Waals surface area contributed by atoms with Gasteiger partial charge in [-0.2, -0.15) is 0 Å². The third kappa shape index (κ3) is 4.50. The fraction of sp³-hybridized carbons (Fsp3) is 0.647. The predicted molar refractivity (Wildman–Crippen MR) is 85.8 cm³/mol. The molecule has 0 radical (unpaired) electrons. The van der Waals surface area contributed by atoms with Crippen molar-refractivity contribution in [2.24, 2.45) is 11.8 Å². The van der Waals surface area contributed by atoms with Gasteiger partial charge in [0, 0.05) is 12.2 Å². The Balaban J connectivity index is 1.89. The van der Waals surface area contributed by atoms with Crippen LogP contribution >= 0.6 is 0 Å². The molecule has 1 amide bonds. The van der Waals surface area contributed by atoms with Crippen molar-refractivity contribution >= 4 is 11.9 Å². The van der Waals surface area contributed by atoms with Crippen LogP contribution in [0.1, 0.15) is 56.2 Å². The number of carbonyl (C=O) groups excluding carboxylic acids is 2. The molecule has 1 heterocycles. The molecule has 0 bridgehead atoms. The van der Waals surface area contributed by atoms with Gasteiger partial charge in [0.2, 0.25) is 0 Å². The molecule has 1 aromatic rings. The number of ether oxygens (including phenoxy) is 1. The Bertz CT molecular complexity index is 559. The first kappa shape index (κ1) is 17.4. The predicted octanol–water partition coefficient (Wildman–Crippen LogP) is 2.27. The van der Waals surface area contributed by atoms with Gasteiger partial charge in [-0.15, -0.1) is 0 Å². The molecule has 0 saturated heterocycles. The van der Waals surface area contributed by atoms with E-state index in [-0.39, 0.29) is 17.6 Å². The van der Waals surface area contributed by atoms with Gasteiger partial charge in [-0.1, -0.05) is 26.7 Å². The molecule has 4 atom stereocenters. The summed E-state index contributed by atoms with van der Waals surface area (Å²) in [6, 6.07) is 0.145. The third-order valence-electron chi connectivity index (χ3n) is 4.68. The molecule has 1 N–H and O–H groups in total. The van der Waals surface area contributed by atoms with Gasteiger partial charge in [-0.25, -0.2) is 9.78 Å². The largest absolute Gasteiger partial charge is 0.448 e. The molecule has 1 aliphatic carbocycles. The van der Waals surface area contributed by atoms with E-state index in [4.69, 9.17) is 4.74 Å². The smallest absolute Gasteiger partial charge is 0.359 e. The van der Waals surface area contributed by atoms with Gasteiger partial charge in [-0.05, 0) is 32.1 Å². The molecule has 0 aliphatic heterocycles. The minimum atomic E-state index is -0.852. The molecule has 0 spiro atoms. The fourth-order valence-corrected chi connectivity index (χ4v) is 2.86. The van der Waals surface area contributed by atoms with Crippen LogP contribution in [0.2, 0.25) is 0 Å². The summed E-state index contributed by atoms with van der Waals surface area (Å²) >= 11 is 0. The summed E-state index contributed by atoms with van der Waals surface area (Å²) in [5.41, 5.74) is 0.822. The van der Waals surface area contributed by atoms with Crippen molar-refractivity contribution in [3.63, 3.8) is 0 Å². The lowest BCUT2D eigenvalue weighted by atomic mass is 9.78. The van der Waals surface area contributed by atoms with Crippen molar-refractivity contribution in [2.45, 2.75) is 59.1 Å². The first-order chi connectivity index (χ1) is 10.9. The van der Waals surface area contributed by atoms with Gasteiger partial charge < -0.3 is 10.1 Å². The molecule has 0 aromatic carbocycles. The zero-order valence-electron chi connectivity index (χ0n) is 14.2. The van der Waals surface area contributed by atoms with Crippen molar-refractivity contribution in [3.8, 4) is 0 Å². The van der Waals surface area contributed by atoms with Crippen LogP contribution in [-0.2, 0) is 9.53 Å². The zero-order chi connectivity index (χ0) is 17.0. The molecule has 0 unspecified atom stereocenters. The van der Waals surface area contributed by atoms with E-state index in [1.165, 1.54) is 18.8 Å². The number of aryl methyl sites for hydroxylation is 1. The molecule has 2 rings (SSSR count). The first-order valence-corrected chi connectivity index (χ1v) is 8.18. The highest BCUT2D eigenvalue weighted by atomic mass is 16.5. The molecule has 1 saturated carbocycles. The number of nitrogens with one attached hydrogen (secondary N) is 1. The van der Waals surface area contributed by atoms with Crippen LogP contribution in [0, 0.1) is 18.8 Å². The van der Waals surface area contributed by atoms with Crippen LogP contribution in [0.3, 0.4) is 0 Å². The summed E-state index contributed by atoms with van der Waals surface area (Å²) in [6.45, 7) is 7.73. The van der Waals surface area contributed by atoms with Gasteiger partial charge in [0.05, 0.1) is 11.9 Å². The number of hydrogen-bond donors (Lipinski definition) is 1. The van der Waals surface area contributed by atoms with Crippen LogP contribution in [-0.4, -0.2) is 34.0 Å². The summed E-state index contributed by atoms with van der Waals surface area (Å²) in [6.07, 6.45) is 5.28. The van der Waals surface area contributed by atoms with Crippen LogP contribution < -0.4 is 5.32 Å². The number of nitrogens with zero attached hydrogens (tertiary/aromatic N) is 2. The maximum Gasteiger partial charge on any atom is 0.359 e. The van der Waals surface area contributed by atoms with E-state index >= 15 is 0 Å². The summed E-state index contributed by atoms with van der Waals surface area (Å²) < 4.78 is 5.19. The Morgan fingerprint density at radius 3 is 2.65 bits per heavy atom. The zero-order valence-corrected chi connectivity index (χ0v) is 14.2. The topological polar surface area (TPSA) is 81.2 Å². The normalized spacial score (nSPS) is 25.5. The summed E-state index contributed by atoms with van der Waals surface area (Å²) in [5.74, 6) is 0.128. The summed E-state index contributed by atoms with van der Waals surface area (Å²) in [7, 11) is 0. The lowest BCUT2D eigenvalue weighted by Crippen LogP contribution is -2.47. The SMILES string of the molecule is Cc1cnc(C(=O)O[C@H](C)C(=O)N[C@H]2CCC[C@H](C)[C@@H]2C)cn1. The highest BCUT2D eigenvalue weighted by Crippen LogP contribution is 2.29. The van der Waals surface area contributed by atoms with Gasteiger partial charge >= 0.3 is 5.97 Å². The van der Waals surface area contributed by atoms with E-state index in [0.29, 0.717) is 17.5 Å². The van der Waals surface area contributed by atoms with E-state index in [0.717, 1.165) is 12.8 Å². The van der Waals surface area contributed by atoms with Crippen LogP contribution in [0.25, 0.3) is 0 Å². The number of rotatable bonds is 4. The van der Waals surface area contributed by atoms with Crippen molar-refractivity contribution in [1.82, 2.24) is 15.3 Å². The standard InChI is InChI=1S/C17H25N3O3/c1-10-6-5-7-14(12(10)3)20-16(21)13(4)23-17(22)15-9-18-11(2)8-19-15/h8-10,12-14H,5-7H2,1-4H3,(H,20,21)/t10-,12-,13+,14-/m0/s1. The monoisotopic (exact) mass is 319 g/mol. The van der Waals surface area contributed by atoms with Gasteiger partial charge in [0.15, 0.2) is 11.8 Å². The van der Waals surface area contributed by atoms with Crippen molar-refractivity contribution in [3.05, 3.63) is 23.8 Å². The average Bonchev–Trinajstić information content (AvgIpc) is 2.52.